The Morgan fingerprint density at radius 3 is 2.52 bits per heavy atom. The molecule has 0 bridgehead atoms. The SMILES string of the molecule is COCCCC(N)C(=O)Nc1ccc(OCC(N)=O)cc1. The van der Waals surface area contributed by atoms with Crippen molar-refractivity contribution in [2.75, 3.05) is 25.6 Å². The molecule has 1 unspecified atom stereocenters. The van der Waals surface area contributed by atoms with Crippen molar-refractivity contribution in [2.24, 2.45) is 11.5 Å². The highest BCUT2D eigenvalue weighted by molar-refractivity contribution is 5.94. The second-order valence-electron chi connectivity index (χ2n) is 4.51. The number of carbonyl (C=O) groups is 2. The minimum absolute atomic E-state index is 0.184. The molecular weight excluding hydrogens is 274 g/mol. The third-order valence-electron chi connectivity index (χ3n) is 2.70. The standard InChI is InChI=1S/C14H21N3O4/c1-20-8-2-3-12(15)14(19)17-10-4-6-11(7-5-10)21-9-13(16)18/h4-7,12H,2-3,8-9,15H2,1H3,(H2,16,18)(H,17,19). The number of methoxy groups -OCH3 is 1. The number of ether oxygens (including phenoxy) is 2. The second kappa shape index (κ2) is 8.93. The van der Waals surface area contributed by atoms with E-state index in [4.69, 9.17) is 20.9 Å². The Hall–Kier alpha value is -2.12. The first kappa shape index (κ1) is 16.9. The third kappa shape index (κ3) is 6.73. The van der Waals surface area contributed by atoms with Crippen LogP contribution >= 0.6 is 0 Å². The number of primary amides is 1. The van der Waals surface area contributed by atoms with Gasteiger partial charge >= 0.3 is 0 Å². The van der Waals surface area contributed by atoms with Gasteiger partial charge in [0, 0.05) is 19.4 Å². The van der Waals surface area contributed by atoms with Crippen LogP contribution < -0.4 is 21.5 Å². The molecule has 116 valence electrons. The molecule has 1 aromatic rings. The fourth-order valence-corrected chi connectivity index (χ4v) is 1.60. The van der Waals surface area contributed by atoms with Crippen LogP contribution in [0.4, 0.5) is 5.69 Å². The molecule has 0 aliphatic rings. The molecule has 0 fully saturated rings. The lowest BCUT2D eigenvalue weighted by Gasteiger charge is -2.12. The van der Waals surface area contributed by atoms with E-state index in [0.29, 0.717) is 24.5 Å². The van der Waals surface area contributed by atoms with Crippen molar-refractivity contribution in [3.05, 3.63) is 24.3 Å². The number of benzene rings is 1. The predicted molar refractivity (Wildman–Crippen MR) is 78.8 cm³/mol. The normalized spacial score (nSPS) is 11.7. The molecule has 1 atom stereocenters. The van der Waals surface area contributed by atoms with Crippen molar-refractivity contribution in [3.63, 3.8) is 0 Å². The smallest absolute Gasteiger partial charge is 0.255 e. The van der Waals surface area contributed by atoms with E-state index in [2.05, 4.69) is 5.32 Å². The summed E-state index contributed by atoms with van der Waals surface area (Å²) in [6.07, 6.45) is 1.28. The highest BCUT2D eigenvalue weighted by Gasteiger charge is 2.13. The van der Waals surface area contributed by atoms with Gasteiger partial charge in [0.1, 0.15) is 5.75 Å². The van der Waals surface area contributed by atoms with Gasteiger partial charge in [0.05, 0.1) is 6.04 Å². The summed E-state index contributed by atoms with van der Waals surface area (Å²) < 4.78 is 10.0. The van der Waals surface area contributed by atoms with Gasteiger partial charge in [0.15, 0.2) is 6.61 Å². The maximum Gasteiger partial charge on any atom is 0.255 e. The van der Waals surface area contributed by atoms with Gasteiger partial charge < -0.3 is 26.3 Å². The topological polar surface area (TPSA) is 117 Å². The molecule has 1 aromatic carbocycles. The quantitative estimate of drug-likeness (QED) is 0.564. The largest absolute Gasteiger partial charge is 0.484 e. The van der Waals surface area contributed by atoms with Crippen molar-refractivity contribution in [1.29, 1.82) is 0 Å². The van der Waals surface area contributed by atoms with E-state index < -0.39 is 11.9 Å². The summed E-state index contributed by atoms with van der Waals surface area (Å²) in [4.78, 5) is 22.4. The first-order valence-corrected chi connectivity index (χ1v) is 6.59. The van der Waals surface area contributed by atoms with Crippen LogP contribution in [0.2, 0.25) is 0 Å². The number of nitrogens with two attached hydrogens (primary N) is 2. The molecule has 0 saturated heterocycles. The van der Waals surface area contributed by atoms with Gasteiger partial charge in [0.2, 0.25) is 5.91 Å². The van der Waals surface area contributed by atoms with E-state index in [-0.39, 0.29) is 12.5 Å². The molecule has 0 aliphatic carbocycles. The summed E-state index contributed by atoms with van der Waals surface area (Å²) in [7, 11) is 1.60. The van der Waals surface area contributed by atoms with Crippen molar-refractivity contribution in [3.8, 4) is 5.75 Å². The van der Waals surface area contributed by atoms with E-state index in [1.807, 2.05) is 0 Å². The molecule has 2 amide bonds. The van der Waals surface area contributed by atoms with Gasteiger partial charge in [0.25, 0.3) is 5.91 Å². The van der Waals surface area contributed by atoms with E-state index >= 15 is 0 Å². The monoisotopic (exact) mass is 295 g/mol. The van der Waals surface area contributed by atoms with Gasteiger partial charge in [-0.2, -0.15) is 0 Å². The van der Waals surface area contributed by atoms with Crippen LogP contribution in [-0.4, -0.2) is 38.2 Å². The average molecular weight is 295 g/mol. The molecule has 0 radical (unpaired) electrons. The van der Waals surface area contributed by atoms with Crippen LogP contribution in [0.25, 0.3) is 0 Å². The minimum atomic E-state index is -0.578. The Kier molecular flexibility index (Phi) is 7.20. The number of nitrogens with one attached hydrogen (secondary N) is 1. The zero-order chi connectivity index (χ0) is 15.7. The molecule has 7 nitrogen and oxygen atoms in total. The van der Waals surface area contributed by atoms with Crippen LogP contribution in [0.5, 0.6) is 5.75 Å². The lowest BCUT2D eigenvalue weighted by atomic mass is 10.1. The van der Waals surface area contributed by atoms with Crippen molar-refractivity contribution in [1.82, 2.24) is 0 Å². The van der Waals surface area contributed by atoms with E-state index in [1.165, 1.54) is 0 Å². The van der Waals surface area contributed by atoms with Crippen molar-refractivity contribution in [2.45, 2.75) is 18.9 Å². The highest BCUT2D eigenvalue weighted by atomic mass is 16.5. The molecule has 0 aromatic heterocycles. The van der Waals surface area contributed by atoms with Gasteiger partial charge in [-0.05, 0) is 37.1 Å². The van der Waals surface area contributed by atoms with E-state index in [1.54, 1.807) is 31.4 Å². The van der Waals surface area contributed by atoms with E-state index in [0.717, 1.165) is 6.42 Å². The van der Waals surface area contributed by atoms with Crippen LogP contribution in [0.1, 0.15) is 12.8 Å². The fraction of sp³-hybridized carbons (Fsp3) is 0.429. The molecule has 21 heavy (non-hydrogen) atoms. The lowest BCUT2D eigenvalue weighted by molar-refractivity contribution is -0.120. The molecule has 0 spiro atoms. The summed E-state index contributed by atoms with van der Waals surface area (Å²) in [6.45, 7) is 0.392. The van der Waals surface area contributed by atoms with Crippen molar-refractivity contribution >= 4 is 17.5 Å². The number of carbonyl (C=O) groups excluding carboxylic acids is 2. The molecule has 0 heterocycles. The third-order valence-corrected chi connectivity index (χ3v) is 2.70. The molecular formula is C14H21N3O4. The minimum Gasteiger partial charge on any atom is -0.484 e. The van der Waals surface area contributed by atoms with Crippen LogP contribution in [0.15, 0.2) is 24.3 Å². The van der Waals surface area contributed by atoms with Crippen molar-refractivity contribution < 1.29 is 19.1 Å². The molecule has 0 saturated carbocycles. The average Bonchev–Trinajstić information content (AvgIpc) is 2.46. The summed E-state index contributed by atoms with van der Waals surface area (Å²) in [5, 5.41) is 2.71. The summed E-state index contributed by atoms with van der Waals surface area (Å²) >= 11 is 0. The van der Waals surface area contributed by atoms with Gasteiger partial charge in [-0.3, -0.25) is 9.59 Å². The zero-order valence-electron chi connectivity index (χ0n) is 12.0. The Morgan fingerprint density at radius 2 is 1.95 bits per heavy atom. The number of hydrogen-bond donors (Lipinski definition) is 3. The van der Waals surface area contributed by atoms with Gasteiger partial charge in [-0.15, -0.1) is 0 Å². The van der Waals surface area contributed by atoms with E-state index in [9.17, 15) is 9.59 Å². The maximum absolute atomic E-state index is 11.8. The molecule has 5 N–H and O–H groups in total. The highest BCUT2D eigenvalue weighted by Crippen LogP contribution is 2.15. The Labute approximate surface area is 123 Å². The Balaban J connectivity index is 2.43. The second-order valence-corrected chi connectivity index (χ2v) is 4.51. The maximum atomic E-state index is 11.8. The number of rotatable bonds is 9. The number of amides is 2. The van der Waals surface area contributed by atoms with Crippen LogP contribution in [-0.2, 0) is 14.3 Å². The predicted octanol–water partition coefficient (Wildman–Crippen LogP) is 0.243. The number of hydrogen-bond acceptors (Lipinski definition) is 5. The summed E-state index contributed by atoms with van der Waals surface area (Å²) in [5.41, 5.74) is 11.4. The lowest BCUT2D eigenvalue weighted by Crippen LogP contribution is -2.35. The molecule has 7 heteroatoms. The van der Waals surface area contributed by atoms with Crippen LogP contribution in [0.3, 0.4) is 0 Å². The Morgan fingerprint density at radius 1 is 1.29 bits per heavy atom. The fourth-order valence-electron chi connectivity index (χ4n) is 1.60. The number of anilines is 1. The zero-order valence-corrected chi connectivity index (χ0v) is 12.0. The van der Waals surface area contributed by atoms with Gasteiger partial charge in [-0.25, -0.2) is 0 Å². The Bertz CT molecular complexity index is 462. The molecule has 1 rings (SSSR count). The first-order chi connectivity index (χ1) is 10.0. The first-order valence-electron chi connectivity index (χ1n) is 6.59. The van der Waals surface area contributed by atoms with Gasteiger partial charge in [-0.1, -0.05) is 0 Å². The summed E-state index contributed by atoms with van der Waals surface area (Å²) in [6, 6.07) is 6.02. The molecule has 0 aliphatic heterocycles. The summed E-state index contributed by atoms with van der Waals surface area (Å²) in [5.74, 6) is -0.303. The van der Waals surface area contributed by atoms with Crippen LogP contribution in [0, 0.1) is 0 Å².